The summed E-state index contributed by atoms with van der Waals surface area (Å²) in [5, 5.41) is 3.39. The molecule has 2 rings (SSSR count). The highest BCUT2D eigenvalue weighted by Crippen LogP contribution is 2.19. The van der Waals surface area contributed by atoms with E-state index in [1.807, 2.05) is 0 Å². The quantitative estimate of drug-likeness (QED) is 0.351. The summed E-state index contributed by atoms with van der Waals surface area (Å²) >= 11 is 0. The maximum atomic E-state index is 11.1. The summed E-state index contributed by atoms with van der Waals surface area (Å²) in [6.45, 7) is 5.68. The number of guanidine groups is 1. The van der Waals surface area contributed by atoms with E-state index in [1.165, 1.54) is 18.2 Å². The molecule has 142 valence electrons. The van der Waals surface area contributed by atoms with Crippen LogP contribution in [0.5, 0.6) is 0 Å². The van der Waals surface area contributed by atoms with Crippen molar-refractivity contribution < 1.29 is 9.53 Å². The minimum atomic E-state index is -0.144. The lowest BCUT2D eigenvalue weighted by Gasteiger charge is -2.31. The number of nitrogens with zero attached hydrogens (tertiary/aromatic N) is 2. The van der Waals surface area contributed by atoms with Gasteiger partial charge in [0.1, 0.15) is 0 Å². The Morgan fingerprint density at radius 2 is 1.96 bits per heavy atom. The normalized spacial score (nSPS) is 14.9. The summed E-state index contributed by atoms with van der Waals surface area (Å²) in [6.07, 6.45) is 6.65. The Balaban J connectivity index is 1.82. The molecule has 0 saturated carbocycles. The molecule has 1 saturated heterocycles. The first-order chi connectivity index (χ1) is 12.7. The van der Waals surface area contributed by atoms with Crippen LogP contribution in [0.4, 0.5) is 0 Å². The third kappa shape index (κ3) is 6.90. The lowest BCUT2D eigenvalue weighted by Crippen LogP contribution is -2.44. The number of likely N-dealkylation sites (tertiary alicyclic amines) is 1. The highest BCUT2D eigenvalue weighted by molar-refractivity contribution is 5.80. The van der Waals surface area contributed by atoms with E-state index in [2.05, 4.69) is 58.3 Å². The zero-order valence-electron chi connectivity index (χ0n) is 16.0. The van der Waals surface area contributed by atoms with E-state index in [0.717, 1.165) is 57.8 Å². The number of methoxy groups -OCH3 is 1. The fourth-order valence-electron chi connectivity index (χ4n) is 3.03. The molecule has 1 aromatic carbocycles. The molecule has 1 aromatic rings. The molecule has 1 heterocycles. The maximum absolute atomic E-state index is 11.1. The second-order valence-corrected chi connectivity index (χ2v) is 6.47. The van der Waals surface area contributed by atoms with Crippen molar-refractivity contribution in [1.29, 1.82) is 0 Å². The molecule has 0 spiro atoms. The van der Waals surface area contributed by atoms with Gasteiger partial charge >= 0.3 is 5.97 Å². The van der Waals surface area contributed by atoms with Gasteiger partial charge in [-0.2, -0.15) is 0 Å². The molecule has 0 aliphatic carbocycles. The van der Waals surface area contributed by atoms with Crippen LogP contribution in [0.15, 0.2) is 40.9 Å². The van der Waals surface area contributed by atoms with Crippen molar-refractivity contribution in [3.63, 3.8) is 0 Å². The molecule has 0 radical (unpaired) electrons. The van der Waals surface area contributed by atoms with Crippen molar-refractivity contribution in [1.82, 2.24) is 10.2 Å². The number of nitrogens with one attached hydrogen (secondary N) is 1. The molecular formula is C21H31N3O2. The van der Waals surface area contributed by atoms with Gasteiger partial charge in [0, 0.05) is 32.6 Å². The molecule has 0 amide bonds. The number of piperidine rings is 1. The predicted octanol–water partition coefficient (Wildman–Crippen LogP) is 3.47. The molecule has 5 heteroatoms. The Morgan fingerprint density at radius 1 is 1.23 bits per heavy atom. The molecule has 0 unspecified atom stereocenters. The van der Waals surface area contributed by atoms with Crippen LogP contribution in [-0.2, 0) is 9.53 Å². The van der Waals surface area contributed by atoms with E-state index in [-0.39, 0.29) is 5.97 Å². The first-order valence-electron chi connectivity index (χ1n) is 9.57. The lowest BCUT2D eigenvalue weighted by atomic mass is 10.0. The molecule has 1 N–H and O–H groups in total. The fourth-order valence-corrected chi connectivity index (χ4v) is 3.03. The number of benzene rings is 1. The van der Waals surface area contributed by atoms with Crippen LogP contribution in [0.2, 0.25) is 0 Å². The number of unbranched alkanes of at least 4 members (excludes halogenated alkanes) is 1. The first-order valence-corrected chi connectivity index (χ1v) is 9.57. The van der Waals surface area contributed by atoms with Gasteiger partial charge in [0.2, 0.25) is 0 Å². The zero-order valence-corrected chi connectivity index (χ0v) is 16.0. The standard InChI is InChI=1S/C21H31N3O2/c1-3-22-21(23-14-8-7-11-20(25)26-2)24-15-12-19(13-16-24)17-18-9-5-4-6-10-18/h4-6,9-10,17H,3,7-8,11-16H2,1-2H3,(H,22,23). The van der Waals surface area contributed by atoms with E-state index in [4.69, 9.17) is 4.99 Å². The molecule has 0 atom stereocenters. The van der Waals surface area contributed by atoms with Crippen LogP contribution in [-0.4, -0.2) is 50.1 Å². The summed E-state index contributed by atoms with van der Waals surface area (Å²) < 4.78 is 4.66. The zero-order chi connectivity index (χ0) is 18.6. The Hall–Kier alpha value is -2.30. The third-order valence-corrected chi connectivity index (χ3v) is 4.49. The highest BCUT2D eigenvalue weighted by Gasteiger charge is 2.17. The monoisotopic (exact) mass is 357 g/mol. The number of hydrogen-bond donors (Lipinski definition) is 1. The van der Waals surface area contributed by atoms with Crippen molar-refractivity contribution in [3.8, 4) is 0 Å². The summed E-state index contributed by atoms with van der Waals surface area (Å²) in [5.41, 5.74) is 2.78. The van der Waals surface area contributed by atoms with Gasteiger partial charge in [-0.15, -0.1) is 0 Å². The third-order valence-electron chi connectivity index (χ3n) is 4.49. The Morgan fingerprint density at radius 3 is 2.62 bits per heavy atom. The molecule has 0 aromatic heterocycles. The van der Waals surface area contributed by atoms with E-state index in [9.17, 15) is 4.79 Å². The number of hydrogen-bond acceptors (Lipinski definition) is 3. The minimum Gasteiger partial charge on any atom is -0.469 e. The van der Waals surface area contributed by atoms with Crippen LogP contribution in [0.25, 0.3) is 6.08 Å². The van der Waals surface area contributed by atoms with Crippen molar-refractivity contribution in [2.24, 2.45) is 4.99 Å². The van der Waals surface area contributed by atoms with Crippen LogP contribution >= 0.6 is 0 Å². The summed E-state index contributed by atoms with van der Waals surface area (Å²) in [4.78, 5) is 18.2. The van der Waals surface area contributed by atoms with Crippen LogP contribution < -0.4 is 5.32 Å². The molecule has 1 fully saturated rings. The molecular weight excluding hydrogens is 326 g/mol. The van der Waals surface area contributed by atoms with Gasteiger partial charge in [0.15, 0.2) is 5.96 Å². The van der Waals surface area contributed by atoms with E-state index in [1.54, 1.807) is 0 Å². The van der Waals surface area contributed by atoms with Gasteiger partial charge in [0.25, 0.3) is 0 Å². The van der Waals surface area contributed by atoms with E-state index in [0.29, 0.717) is 6.42 Å². The van der Waals surface area contributed by atoms with Gasteiger partial charge < -0.3 is 15.0 Å². The van der Waals surface area contributed by atoms with Gasteiger partial charge in [0.05, 0.1) is 7.11 Å². The average Bonchev–Trinajstić information content (AvgIpc) is 2.68. The molecule has 1 aliphatic rings. The van der Waals surface area contributed by atoms with Gasteiger partial charge in [-0.05, 0) is 38.2 Å². The Labute approximate surface area is 157 Å². The number of aliphatic imine (C=N–C) groups is 1. The van der Waals surface area contributed by atoms with Crippen LogP contribution in [0, 0.1) is 0 Å². The number of rotatable bonds is 7. The van der Waals surface area contributed by atoms with Crippen LogP contribution in [0.3, 0.4) is 0 Å². The maximum Gasteiger partial charge on any atom is 0.305 e. The molecule has 5 nitrogen and oxygen atoms in total. The second kappa shape index (κ2) is 11.3. The number of carbonyl (C=O) groups is 1. The van der Waals surface area contributed by atoms with Gasteiger partial charge in [-0.3, -0.25) is 9.79 Å². The summed E-state index contributed by atoms with van der Waals surface area (Å²) in [6, 6.07) is 10.5. The topological polar surface area (TPSA) is 53.9 Å². The summed E-state index contributed by atoms with van der Waals surface area (Å²) in [7, 11) is 1.43. The Bertz CT molecular complexity index is 601. The van der Waals surface area contributed by atoms with Crippen LogP contribution in [0.1, 0.15) is 44.6 Å². The molecule has 1 aliphatic heterocycles. The van der Waals surface area contributed by atoms with Crippen molar-refractivity contribution >= 4 is 18.0 Å². The second-order valence-electron chi connectivity index (χ2n) is 6.47. The molecule has 26 heavy (non-hydrogen) atoms. The Kier molecular flexibility index (Phi) is 8.73. The number of esters is 1. The largest absolute Gasteiger partial charge is 0.469 e. The SMILES string of the molecule is CCNC(=NCCCCC(=O)OC)N1CCC(=Cc2ccccc2)CC1. The van der Waals surface area contributed by atoms with Crippen molar-refractivity contribution in [2.45, 2.75) is 39.0 Å². The highest BCUT2D eigenvalue weighted by atomic mass is 16.5. The average molecular weight is 357 g/mol. The summed E-state index contributed by atoms with van der Waals surface area (Å²) in [5.74, 6) is 0.846. The minimum absolute atomic E-state index is 0.144. The lowest BCUT2D eigenvalue weighted by molar-refractivity contribution is -0.140. The number of carbonyl (C=O) groups excluding carboxylic acids is 1. The smallest absolute Gasteiger partial charge is 0.305 e. The van der Waals surface area contributed by atoms with E-state index >= 15 is 0 Å². The van der Waals surface area contributed by atoms with E-state index < -0.39 is 0 Å². The predicted molar refractivity (Wildman–Crippen MR) is 107 cm³/mol. The van der Waals surface area contributed by atoms with Gasteiger partial charge in [-0.25, -0.2) is 0 Å². The van der Waals surface area contributed by atoms with Crippen molar-refractivity contribution in [2.75, 3.05) is 33.3 Å². The number of ether oxygens (including phenoxy) is 1. The molecule has 0 bridgehead atoms. The first kappa shape index (κ1) is 20.0. The van der Waals surface area contributed by atoms with Gasteiger partial charge in [-0.1, -0.05) is 42.0 Å². The fraction of sp³-hybridized carbons (Fsp3) is 0.524. The van der Waals surface area contributed by atoms with Crippen molar-refractivity contribution in [3.05, 3.63) is 41.5 Å².